The molecule has 0 aromatic heterocycles. The molecule has 0 spiro atoms. The van der Waals surface area contributed by atoms with Crippen molar-refractivity contribution < 1.29 is 14.3 Å². The Morgan fingerprint density at radius 2 is 1.56 bits per heavy atom. The van der Waals surface area contributed by atoms with Crippen molar-refractivity contribution in [1.29, 1.82) is 0 Å². The average molecular weight is 373 g/mol. The third-order valence-corrected chi connectivity index (χ3v) is 5.54. The zero-order valence-electron chi connectivity index (χ0n) is 16.4. The molecule has 0 radical (unpaired) electrons. The van der Waals surface area contributed by atoms with Crippen LogP contribution in [0.2, 0.25) is 0 Å². The summed E-state index contributed by atoms with van der Waals surface area (Å²) in [6.07, 6.45) is 2.66. The number of amides is 1. The molecule has 0 N–H and O–H groups in total. The Morgan fingerprint density at radius 3 is 2.30 bits per heavy atom. The number of hydrogen-bond acceptors (Lipinski definition) is 5. The van der Waals surface area contributed by atoms with Gasteiger partial charge in [0.1, 0.15) is 0 Å². The van der Waals surface area contributed by atoms with Crippen LogP contribution in [0.3, 0.4) is 0 Å². The van der Waals surface area contributed by atoms with Gasteiger partial charge in [0.15, 0.2) is 5.78 Å². The van der Waals surface area contributed by atoms with Gasteiger partial charge in [-0.1, -0.05) is 12.1 Å². The molecule has 0 atom stereocenters. The number of ether oxygens (including phenoxy) is 1. The van der Waals surface area contributed by atoms with E-state index in [0.29, 0.717) is 24.9 Å². The number of anilines is 1. The molecule has 6 heteroatoms. The van der Waals surface area contributed by atoms with Crippen LogP contribution in [0.4, 0.5) is 5.69 Å². The minimum absolute atomic E-state index is 0.0695. The molecule has 2 aliphatic rings. The lowest BCUT2D eigenvalue weighted by molar-refractivity contribution is -0.118. The zero-order valence-corrected chi connectivity index (χ0v) is 16.4. The average Bonchev–Trinajstić information content (AvgIpc) is 2.82. The second-order valence-electron chi connectivity index (χ2n) is 7.37. The van der Waals surface area contributed by atoms with Crippen molar-refractivity contribution in [2.45, 2.75) is 25.7 Å². The van der Waals surface area contributed by atoms with Crippen LogP contribution in [0.15, 0.2) is 24.3 Å². The first-order chi connectivity index (χ1) is 13.2. The summed E-state index contributed by atoms with van der Waals surface area (Å²) < 4.78 is 5.15. The third kappa shape index (κ3) is 5.37. The maximum Gasteiger partial charge on any atom is 0.227 e. The van der Waals surface area contributed by atoms with Crippen LogP contribution in [0.25, 0.3) is 0 Å². The van der Waals surface area contributed by atoms with Crippen LogP contribution >= 0.6 is 0 Å². The van der Waals surface area contributed by atoms with Crippen molar-refractivity contribution in [2.75, 3.05) is 64.4 Å². The molecule has 0 aliphatic carbocycles. The molecule has 0 bridgehead atoms. The largest absolute Gasteiger partial charge is 0.383 e. The molecule has 1 saturated heterocycles. The van der Waals surface area contributed by atoms with Gasteiger partial charge in [0.05, 0.1) is 12.3 Å². The topological polar surface area (TPSA) is 53.1 Å². The number of ketones is 1. The Balaban J connectivity index is 1.44. The maximum absolute atomic E-state index is 12.5. The second kappa shape index (κ2) is 9.97. The van der Waals surface area contributed by atoms with E-state index in [1.54, 1.807) is 7.11 Å². The van der Waals surface area contributed by atoms with Gasteiger partial charge in [-0.3, -0.25) is 14.5 Å². The first-order valence-corrected chi connectivity index (χ1v) is 10.1. The number of fused-ring (bicyclic) bond motifs is 1. The van der Waals surface area contributed by atoms with E-state index in [1.165, 1.54) is 0 Å². The number of rotatable bonds is 8. The first-order valence-electron chi connectivity index (χ1n) is 10.1. The molecule has 2 heterocycles. The summed E-state index contributed by atoms with van der Waals surface area (Å²) in [5.41, 5.74) is 1.48. The van der Waals surface area contributed by atoms with Gasteiger partial charge in [0.2, 0.25) is 5.91 Å². The number of carbonyl (C=O) groups excluding carboxylic acids is 2. The molecule has 1 aromatic rings. The minimum Gasteiger partial charge on any atom is -0.383 e. The summed E-state index contributed by atoms with van der Waals surface area (Å²) in [5.74, 6) is 0.146. The van der Waals surface area contributed by atoms with Crippen LogP contribution in [0.5, 0.6) is 0 Å². The van der Waals surface area contributed by atoms with Gasteiger partial charge in [0.25, 0.3) is 0 Å². The molecular weight excluding hydrogens is 342 g/mol. The number of para-hydroxylation sites is 1. The quantitative estimate of drug-likeness (QED) is 0.653. The van der Waals surface area contributed by atoms with Crippen LogP contribution in [0, 0.1) is 0 Å². The highest BCUT2D eigenvalue weighted by Crippen LogP contribution is 2.27. The molecule has 27 heavy (non-hydrogen) atoms. The third-order valence-electron chi connectivity index (χ3n) is 5.54. The highest BCUT2D eigenvalue weighted by Gasteiger charge is 2.26. The fourth-order valence-corrected chi connectivity index (χ4v) is 3.88. The van der Waals surface area contributed by atoms with Gasteiger partial charge >= 0.3 is 0 Å². The van der Waals surface area contributed by atoms with Gasteiger partial charge < -0.3 is 14.5 Å². The summed E-state index contributed by atoms with van der Waals surface area (Å²) >= 11 is 0. The van der Waals surface area contributed by atoms with E-state index in [4.69, 9.17) is 4.74 Å². The lowest BCUT2D eigenvalue weighted by atomic mass is 10.1. The van der Waals surface area contributed by atoms with E-state index in [1.807, 2.05) is 29.2 Å². The van der Waals surface area contributed by atoms with E-state index in [9.17, 15) is 9.59 Å². The lowest BCUT2D eigenvalue weighted by Gasteiger charge is -2.34. The maximum atomic E-state index is 12.5. The fourth-order valence-electron chi connectivity index (χ4n) is 3.88. The predicted molar refractivity (Wildman–Crippen MR) is 106 cm³/mol. The Kier molecular flexibility index (Phi) is 7.38. The van der Waals surface area contributed by atoms with Crippen LogP contribution in [-0.4, -0.2) is 81.0 Å². The number of unbranched alkanes of at least 4 members (excludes halogenated alkanes) is 1. The van der Waals surface area contributed by atoms with E-state index >= 15 is 0 Å². The number of benzene rings is 1. The highest BCUT2D eigenvalue weighted by atomic mass is 16.5. The van der Waals surface area contributed by atoms with Gasteiger partial charge in [-0.2, -0.15) is 0 Å². The molecule has 6 nitrogen and oxygen atoms in total. The number of nitrogens with zero attached hydrogens (tertiary/aromatic N) is 3. The summed E-state index contributed by atoms with van der Waals surface area (Å²) in [7, 11) is 1.75. The van der Waals surface area contributed by atoms with Crippen molar-refractivity contribution in [3.8, 4) is 0 Å². The smallest absolute Gasteiger partial charge is 0.227 e. The Hall–Kier alpha value is -1.76. The summed E-state index contributed by atoms with van der Waals surface area (Å²) in [6.45, 7) is 7.98. The normalized spacial score (nSPS) is 19.2. The van der Waals surface area contributed by atoms with Crippen LogP contribution < -0.4 is 4.90 Å². The monoisotopic (exact) mass is 373 g/mol. The van der Waals surface area contributed by atoms with Crippen molar-refractivity contribution in [3.63, 3.8) is 0 Å². The van der Waals surface area contributed by atoms with Crippen LogP contribution in [0.1, 0.15) is 36.0 Å². The van der Waals surface area contributed by atoms with Gasteiger partial charge in [0, 0.05) is 64.8 Å². The zero-order chi connectivity index (χ0) is 19.1. The number of methoxy groups -OCH3 is 1. The Labute approximate surface area is 162 Å². The number of piperazine rings is 1. The van der Waals surface area contributed by atoms with Gasteiger partial charge in [-0.05, 0) is 31.5 Å². The van der Waals surface area contributed by atoms with Crippen molar-refractivity contribution in [3.05, 3.63) is 29.8 Å². The van der Waals surface area contributed by atoms with Crippen molar-refractivity contribution in [2.24, 2.45) is 0 Å². The van der Waals surface area contributed by atoms with Crippen LogP contribution in [-0.2, 0) is 9.53 Å². The number of Topliss-reactive ketones (excluding diaryl/α,β-unsaturated/α-hetero) is 1. The molecule has 0 unspecified atom stereocenters. The minimum atomic E-state index is 0.0695. The fraction of sp³-hybridized carbons (Fsp3) is 0.619. The summed E-state index contributed by atoms with van der Waals surface area (Å²) in [6, 6.07) is 7.51. The van der Waals surface area contributed by atoms with E-state index in [0.717, 1.165) is 64.4 Å². The van der Waals surface area contributed by atoms with Gasteiger partial charge in [-0.25, -0.2) is 0 Å². The molecule has 2 aliphatic heterocycles. The van der Waals surface area contributed by atoms with E-state index in [2.05, 4.69) is 9.80 Å². The SMILES string of the molecule is COCCN1CCN(CCCCN2C(=O)CCC(=O)c3ccccc32)CC1. The van der Waals surface area contributed by atoms with E-state index in [-0.39, 0.29) is 11.7 Å². The molecule has 3 rings (SSSR count). The number of carbonyl (C=O) groups is 2. The molecule has 0 saturated carbocycles. The molecule has 148 valence electrons. The van der Waals surface area contributed by atoms with Crippen molar-refractivity contribution >= 4 is 17.4 Å². The molecule has 1 amide bonds. The Bertz CT molecular complexity index is 641. The van der Waals surface area contributed by atoms with Crippen molar-refractivity contribution in [1.82, 2.24) is 9.80 Å². The number of hydrogen-bond donors (Lipinski definition) is 0. The van der Waals surface area contributed by atoms with Gasteiger partial charge in [-0.15, -0.1) is 0 Å². The second-order valence-corrected chi connectivity index (χ2v) is 7.37. The molecule has 1 fully saturated rings. The summed E-state index contributed by atoms with van der Waals surface area (Å²) in [4.78, 5) is 31.5. The van der Waals surface area contributed by atoms with E-state index < -0.39 is 0 Å². The standard InChI is InChI=1S/C21H31N3O3/c1-27-17-16-23-14-12-22(13-15-23)10-4-5-11-24-19-7-3-2-6-18(19)20(25)8-9-21(24)26/h2-3,6-7H,4-5,8-17H2,1H3. The Morgan fingerprint density at radius 1 is 0.889 bits per heavy atom. The summed E-state index contributed by atoms with van der Waals surface area (Å²) in [5, 5.41) is 0. The first kappa shape index (κ1) is 20.0. The lowest BCUT2D eigenvalue weighted by Crippen LogP contribution is -2.47. The predicted octanol–water partition coefficient (Wildman–Crippen LogP) is 2.04. The molecular formula is C21H31N3O3. The molecule has 1 aromatic carbocycles. The highest BCUT2D eigenvalue weighted by molar-refractivity contribution is 6.09.